The SMILES string of the molecule is CN=C(NCCCCN1C(=O)c2ccccc2C1=O)N1CCN(C(C)C(F)(F)F)CC1.I. The van der Waals surface area contributed by atoms with E-state index in [1.807, 2.05) is 4.90 Å². The molecule has 1 unspecified atom stereocenters. The number of halogens is 4. The topological polar surface area (TPSA) is 68.2 Å². The van der Waals surface area contributed by atoms with Gasteiger partial charge in [0.2, 0.25) is 0 Å². The number of benzene rings is 1. The molecule has 2 heterocycles. The van der Waals surface area contributed by atoms with Crippen LogP contribution in [0.5, 0.6) is 0 Å². The molecule has 1 aromatic rings. The minimum atomic E-state index is -4.22. The summed E-state index contributed by atoms with van der Waals surface area (Å²) in [5, 5.41) is 3.23. The van der Waals surface area contributed by atoms with E-state index in [1.54, 1.807) is 31.3 Å². The van der Waals surface area contributed by atoms with Crippen LogP contribution in [0.3, 0.4) is 0 Å². The number of carbonyl (C=O) groups excluding carboxylic acids is 2. The number of hydrogen-bond donors (Lipinski definition) is 1. The van der Waals surface area contributed by atoms with Gasteiger partial charge in [-0.2, -0.15) is 13.2 Å². The number of piperazine rings is 1. The predicted octanol–water partition coefficient (Wildman–Crippen LogP) is 2.82. The van der Waals surface area contributed by atoms with E-state index in [1.165, 1.54) is 16.7 Å². The highest BCUT2D eigenvalue weighted by atomic mass is 127. The van der Waals surface area contributed by atoms with Crippen molar-refractivity contribution >= 4 is 41.8 Å². The van der Waals surface area contributed by atoms with Crippen molar-refractivity contribution in [1.29, 1.82) is 0 Å². The fourth-order valence-electron chi connectivity index (χ4n) is 3.90. The third-order valence-electron chi connectivity index (χ3n) is 5.82. The maximum Gasteiger partial charge on any atom is 0.403 e. The lowest BCUT2D eigenvalue weighted by atomic mass is 10.1. The van der Waals surface area contributed by atoms with Crippen molar-refractivity contribution in [2.24, 2.45) is 4.99 Å². The summed E-state index contributed by atoms with van der Waals surface area (Å²) in [4.78, 5) is 33.6. The molecule has 1 aromatic carbocycles. The monoisotopic (exact) mass is 567 g/mol. The van der Waals surface area contributed by atoms with Crippen LogP contribution < -0.4 is 5.32 Å². The number of guanidine groups is 1. The lowest BCUT2D eigenvalue weighted by Crippen LogP contribution is -2.56. The number of carbonyl (C=O) groups is 2. The fraction of sp³-hybridized carbons (Fsp3) is 0.571. The average Bonchev–Trinajstić information content (AvgIpc) is 3.00. The van der Waals surface area contributed by atoms with E-state index in [-0.39, 0.29) is 35.8 Å². The Labute approximate surface area is 203 Å². The van der Waals surface area contributed by atoms with Gasteiger partial charge in [0.1, 0.15) is 6.04 Å². The summed E-state index contributed by atoms with van der Waals surface area (Å²) < 4.78 is 38.7. The van der Waals surface area contributed by atoms with Crippen molar-refractivity contribution in [3.05, 3.63) is 35.4 Å². The zero-order valence-corrected chi connectivity index (χ0v) is 20.5. The van der Waals surface area contributed by atoms with Crippen LogP contribution >= 0.6 is 24.0 Å². The Hall–Kier alpha value is -1.89. The van der Waals surface area contributed by atoms with Gasteiger partial charge in [-0.25, -0.2) is 0 Å². The van der Waals surface area contributed by atoms with E-state index in [9.17, 15) is 22.8 Å². The molecule has 0 spiro atoms. The van der Waals surface area contributed by atoms with Crippen LogP contribution in [0.1, 0.15) is 40.5 Å². The molecule has 0 aromatic heterocycles. The van der Waals surface area contributed by atoms with Gasteiger partial charge in [-0.15, -0.1) is 24.0 Å². The smallest absolute Gasteiger partial charge is 0.356 e. The van der Waals surface area contributed by atoms with Crippen molar-refractivity contribution in [1.82, 2.24) is 20.0 Å². The molecule has 2 aliphatic rings. The largest absolute Gasteiger partial charge is 0.403 e. The predicted molar refractivity (Wildman–Crippen MR) is 126 cm³/mol. The first-order valence-corrected chi connectivity index (χ1v) is 10.5. The van der Waals surface area contributed by atoms with Crippen molar-refractivity contribution in [3.63, 3.8) is 0 Å². The quantitative estimate of drug-likeness (QED) is 0.188. The number of aliphatic imine (C=N–C) groups is 1. The number of unbranched alkanes of at least 4 members (excludes halogenated alkanes) is 1. The maximum absolute atomic E-state index is 12.9. The van der Waals surface area contributed by atoms with E-state index in [2.05, 4.69) is 10.3 Å². The molecule has 0 aliphatic carbocycles. The molecule has 1 saturated heterocycles. The van der Waals surface area contributed by atoms with Crippen molar-refractivity contribution in [2.45, 2.75) is 32.0 Å². The number of amides is 2. The van der Waals surface area contributed by atoms with Gasteiger partial charge in [-0.3, -0.25) is 24.4 Å². The summed E-state index contributed by atoms with van der Waals surface area (Å²) in [5.41, 5.74) is 0.898. The maximum atomic E-state index is 12.9. The van der Waals surface area contributed by atoms with Crippen molar-refractivity contribution in [2.75, 3.05) is 46.3 Å². The van der Waals surface area contributed by atoms with Gasteiger partial charge >= 0.3 is 6.18 Å². The van der Waals surface area contributed by atoms with E-state index >= 15 is 0 Å². The zero-order chi connectivity index (χ0) is 22.6. The van der Waals surface area contributed by atoms with Crippen molar-refractivity contribution in [3.8, 4) is 0 Å². The van der Waals surface area contributed by atoms with Gasteiger partial charge in [0.05, 0.1) is 11.1 Å². The Morgan fingerprint density at radius 2 is 1.62 bits per heavy atom. The van der Waals surface area contributed by atoms with Crippen LogP contribution in [0, 0.1) is 0 Å². The number of imide groups is 1. The van der Waals surface area contributed by atoms with E-state index in [4.69, 9.17) is 0 Å². The first-order chi connectivity index (χ1) is 14.7. The summed E-state index contributed by atoms with van der Waals surface area (Å²) in [7, 11) is 1.64. The Morgan fingerprint density at radius 3 is 2.12 bits per heavy atom. The van der Waals surface area contributed by atoms with Gasteiger partial charge in [0, 0.05) is 46.3 Å². The summed E-state index contributed by atoms with van der Waals surface area (Å²) >= 11 is 0. The number of fused-ring (bicyclic) bond motifs is 1. The Kier molecular flexibility index (Phi) is 9.31. The van der Waals surface area contributed by atoms with Crippen LogP contribution in [-0.2, 0) is 0 Å². The molecule has 0 radical (unpaired) electrons. The second-order valence-electron chi connectivity index (χ2n) is 7.73. The molecule has 0 bridgehead atoms. The van der Waals surface area contributed by atoms with Crippen LogP contribution in [0.4, 0.5) is 13.2 Å². The number of alkyl halides is 3. The van der Waals surface area contributed by atoms with Gasteiger partial charge < -0.3 is 10.2 Å². The van der Waals surface area contributed by atoms with Crippen LogP contribution in [0.25, 0.3) is 0 Å². The normalized spacial score (nSPS) is 18.5. The summed E-state index contributed by atoms with van der Waals surface area (Å²) in [6.07, 6.45) is -2.86. The number of hydrogen-bond acceptors (Lipinski definition) is 4. The summed E-state index contributed by atoms with van der Waals surface area (Å²) in [6, 6.07) is 5.36. The van der Waals surface area contributed by atoms with Gasteiger partial charge in [0.25, 0.3) is 11.8 Å². The Balaban J connectivity index is 0.00000363. The standard InChI is InChI=1S/C21H28F3N5O2.HI/c1-15(21(22,23)24)27-11-13-28(14-12-27)20(25-2)26-9-5-6-10-29-18(30)16-7-3-4-8-17(16)19(29)31;/h3-4,7-8,15H,5-6,9-14H2,1-2H3,(H,25,26);1H. The van der Waals surface area contributed by atoms with E-state index < -0.39 is 12.2 Å². The molecule has 3 rings (SSSR count). The number of rotatable bonds is 6. The zero-order valence-electron chi connectivity index (χ0n) is 18.2. The molecule has 2 aliphatic heterocycles. The van der Waals surface area contributed by atoms with Gasteiger partial charge in [-0.05, 0) is 31.9 Å². The number of nitrogens with zero attached hydrogens (tertiary/aromatic N) is 4. The second-order valence-corrected chi connectivity index (χ2v) is 7.73. The molecule has 1 fully saturated rings. The summed E-state index contributed by atoms with van der Waals surface area (Å²) in [5.74, 6) is 0.144. The minimum absolute atomic E-state index is 0. The second kappa shape index (κ2) is 11.3. The highest BCUT2D eigenvalue weighted by Crippen LogP contribution is 2.25. The Morgan fingerprint density at radius 1 is 1.06 bits per heavy atom. The van der Waals surface area contributed by atoms with Gasteiger partial charge in [-0.1, -0.05) is 12.1 Å². The molecule has 7 nitrogen and oxygen atoms in total. The molecule has 11 heteroatoms. The molecule has 1 atom stereocenters. The highest BCUT2D eigenvalue weighted by Gasteiger charge is 2.41. The van der Waals surface area contributed by atoms with Gasteiger partial charge in [0.15, 0.2) is 5.96 Å². The summed E-state index contributed by atoms with van der Waals surface area (Å²) in [6.45, 7) is 3.71. The Bertz CT molecular complexity index is 806. The third-order valence-corrected chi connectivity index (χ3v) is 5.82. The van der Waals surface area contributed by atoms with Crippen LogP contribution in [0.2, 0.25) is 0 Å². The molecule has 32 heavy (non-hydrogen) atoms. The first kappa shape index (κ1) is 26.4. The van der Waals surface area contributed by atoms with E-state index in [0.717, 1.165) is 6.42 Å². The third kappa shape index (κ3) is 5.91. The minimum Gasteiger partial charge on any atom is -0.356 e. The highest BCUT2D eigenvalue weighted by molar-refractivity contribution is 14.0. The molecular formula is C21H29F3IN5O2. The molecule has 1 N–H and O–H groups in total. The fourth-order valence-corrected chi connectivity index (χ4v) is 3.90. The lowest BCUT2D eigenvalue weighted by Gasteiger charge is -2.39. The van der Waals surface area contributed by atoms with Crippen molar-refractivity contribution < 1.29 is 22.8 Å². The van der Waals surface area contributed by atoms with E-state index in [0.29, 0.717) is 62.8 Å². The number of nitrogens with one attached hydrogen (secondary N) is 1. The first-order valence-electron chi connectivity index (χ1n) is 10.5. The molecule has 2 amide bonds. The molecular weight excluding hydrogens is 538 g/mol. The average molecular weight is 567 g/mol. The molecule has 178 valence electrons. The van der Waals surface area contributed by atoms with Crippen LogP contribution in [0.15, 0.2) is 29.3 Å². The molecule has 0 saturated carbocycles. The van der Waals surface area contributed by atoms with Crippen LogP contribution in [-0.4, -0.2) is 91.0 Å². The lowest BCUT2D eigenvalue weighted by molar-refractivity contribution is -0.181.